The Balaban J connectivity index is 1.78. The first kappa shape index (κ1) is 19.4. The fourth-order valence-electron chi connectivity index (χ4n) is 2.90. The van der Waals surface area contributed by atoms with E-state index in [0.29, 0.717) is 12.1 Å². The Hall–Kier alpha value is -2.41. The van der Waals surface area contributed by atoms with Crippen LogP contribution < -0.4 is 10.2 Å². The molecule has 142 valence electrons. The second-order valence-electron chi connectivity index (χ2n) is 6.30. The maximum Gasteiger partial charge on any atom is 0.238 e. The SMILES string of the molecule is CCCCC(=O)Nc1ccc(C2SCC(=O)N2c2ccc(F)cc2F)cc1. The van der Waals surface area contributed by atoms with Gasteiger partial charge in [-0.1, -0.05) is 25.5 Å². The zero-order chi connectivity index (χ0) is 19.4. The number of unbranched alkanes of at least 4 members (excludes halogenated alkanes) is 1. The Morgan fingerprint density at radius 3 is 2.63 bits per heavy atom. The Morgan fingerprint density at radius 1 is 1.22 bits per heavy atom. The minimum absolute atomic E-state index is 0.0370. The monoisotopic (exact) mass is 390 g/mol. The summed E-state index contributed by atoms with van der Waals surface area (Å²) in [6, 6.07) is 10.3. The molecule has 0 bridgehead atoms. The van der Waals surface area contributed by atoms with Gasteiger partial charge in [0.15, 0.2) is 0 Å². The number of carbonyl (C=O) groups is 2. The standard InChI is InChI=1S/C20H20F2N2O2S/c1-2-3-4-18(25)23-15-8-5-13(6-9-15)20-24(19(26)12-27-20)17-10-7-14(21)11-16(17)22/h5-11,20H,2-4,12H2,1H3,(H,23,25). The quantitative estimate of drug-likeness (QED) is 0.765. The smallest absolute Gasteiger partial charge is 0.238 e. The molecular formula is C20H20F2N2O2S. The normalized spacial score (nSPS) is 16.6. The van der Waals surface area contributed by atoms with Crippen LogP contribution in [-0.2, 0) is 9.59 Å². The molecule has 1 fully saturated rings. The second-order valence-corrected chi connectivity index (χ2v) is 7.37. The number of benzene rings is 2. The van der Waals surface area contributed by atoms with Gasteiger partial charge < -0.3 is 5.32 Å². The van der Waals surface area contributed by atoms with Crippen molar-refractivity contribution in [3.63, 3.8) is 0 Å². The van der Waals surface area contributed by atoms with Gasteiger partial charge in [0, 0.05) is 18.2 Å². The molecule has 0 saturated carbocycles. The minimum Gasteiger partial charge on any atom is -0.326 e. The van der Waals surface area contributed by atoms with Crippen molar-refractivity contribution in [3.8, 4) is 0 Å². The molecule has 0 aromatic heterocycles. The highest BCUT2D eigenvalue weighted by molar-refractivity contribution is 8.00. The predicted octanol–water partition coefficient (Wildman–Crippen LogP) is 4.87. The molecule has 1 atom stereocenters. The molecule has 1 heterocycles. The van der Waals surface area contributed by atoms with Gasteiger partial charge in [-0.25, -0.2) is 8.78 Å². The summed E-state index contributed by atoms with van der Waals surface area (Å²) in [6.45, 7) is 2.03. The molecule has 3 rings (SSSR count). The fraction of sp³-hybridized carbons (Fsp3) is 0.300. The van der Waals surface area contributed by atoms with E-state index < -0.39 is 17.0 Å². The van der Waals surface area contributed by atoms with Crippen molar-refractivity contribution in [2.75, 3.05) is 16.0 Å². The van der Waals surface area contributed by atoms with E-state index in [1.54, 1.807) is 24.3 Å². The first-order valence-corrected chi connectivity index (χ1v) is 9.83. The van der Waals surface area contributed by atoms with Gasteiger partial charge in [-0.05, 0) is 36.2 Å². The van der Waals surface area contributed by atoms with Crippen molar-refractivity contribution >= 4 is 35.0 Å². The third-order valence-corrected chi connectivity index (χ3v) is 5.49. The summed E-state index contributed by atoms with van der Waals surface area (Å²) in [5.41, 5.74) is 1.54. The summed E-state index contributed by atoms with van der Waals surface area (Å²) >= 11 is 1.38. The number of halogens is 2. The summed E-state index contributed by atoms with van der Waals surface area (Å²) < 4.78 is 27.4. The number of nitrogens with one attached hydrogen (secondary N) is 1. The van der Waals surface area contributed by atoms with Crippen LogP contribution in [0.3, 0.4) is 0 Å². The van der Waals surface area contributed by atoms with Crippen molar-refractivity contribution in [1.29, 1.82) is 0 Å². The molecule has 1 aliphatic rings. The summed E-state index contributed by atoms with van der Waals surface area (Å²) in [5, 5.41) is 2.43. The topological polar surface area (TPSA) is 49.4 Å². The third-order valence-electron chi connectivity index (χ3n) is 4.27. The van der Waals surface area contributed by atoms with Gasteiger partial charge >= 0.3 is 0 Å². The molecule has 7 heteroatoms. The third kappa shape index (κ3) is 4.47. The summed E-state index contributed by atoms with van der Waals surface area (Å²) in [7, 11) is 0. The number of hydrogen-bond acceptors (Lipinski definition) is 3. The van der Waals surface area contributed by atoms with Crippen LogP contribution in [0.4, 0.5) is 20.2 Å². The highest BCUT2D eigenvalue weighted by Crippen LogP contribution is 2.42. The van der Waals surface area contributed by atoms with Crippen LogP contribution >= 0.6 is 11.8 Å². The Morgan fingerprint density at radius 2 is 1.96 bits per heavy atom. The van der Waals surface area contributed by atoms with Crippen molar-refractivity contribution in [2.24, 2.45) is 0 Å². The molecule has 4 nitrogen and oxygen atoms in total. The lowest BCUT2D eigenvalue weighted by Crippen LogP contribution is -2.28. The van der Waals surface area contributed by atoms with Crippen LogP contribution in [0.1, 0.15) is 37.1 Å². The Labute approximate surface area is 160 Å². The summed E-state index contributed by atoms with van der Waals surface area (Å²) in [5.74, 6) is -1.50. The molecule has 2 amide bonds. The highest BCUT2D eigenvalue weighted by Gasteiger charge is 2.35. The van der Waals surface area contributed by atoms with Crippen LogP contribution in [0.25, 0.3) is 0 Å². The van der Waals surface area contributed by atoms with E-state index in [4.69, 9.17) is 0 Å². The lowest BCUT2D eigenvalue weighted by Gasteiger charge is -2.25. The van der Waals surface area contributed by atoms with E-state index in [2.05, 4.69) is 5.32 Å². The summed E-state index contributed by atoms with van der Waals surface area (Å²) in [6.07, 6.45) is 2.26. The number of rotatable bonds is 6. The molecule has 1 unspecified atom stereocenters. The molecule has 2 aromatic carbocycles. The van der Waals surface area contributed by atoms with Crippen LogP contribution in [0.15, 0.2) is 42.5 Å². The average molecular weight is 390 g/mol. The number of thioether (sulfide) groups is 1. The number of carbonyl (C=O) groups excluding carboxylic acids is 2. The molecule has 0 aliphatic carbocycles. The van der Waals surface area contributed by atoms with Gasteiger partial charge in [0.1, 0.15) is 17.0 Å². The van der Waals surface area contributed by atoms with Crippen molar-refractivity contribution in [1.82, 2.24) is 0 Å². The Kier molecular flexibility index (Phi) is 6.11. The molecule has 0 spiro atoms. The number of amides is 2. The van der Waals surface area contributed by atoms with Crippen LogP contribution in [-0.4, -0.2) is 17.6 Å². The number of anilines is 2. The van der Waals surface area contributed by atoms with Crippen LogP contribution in [0, 0.1) is 11.6 Å². The van der Waals surface area contributed by atoms with Crippen molar-refractivity contribution in [2.45, 2.75) is 31.6 Å². The van der Waals surface area contributed by atoms with E-state index >= 15 is 0 Å². The molecule has 2 aromatic rings. The van der Waals surface area contributed by atoms with Crippen molar-refractivity contribution < 1.29 is 18.4 Å². The zero-order valence-corrected chi connectivity index (χ0v) is 15.7. The first-order chi connectivity index (χ1) is 13.0. The van der Waals surface area contributed by atoms with Gasteiger partial charge in [0.2, 0.25) is 11.8 Å². The molecule has 1 N–H and O–H groups in total. The van der Waals surface area contributed by atoms with E-state index in [1.807, 2.05) is 6.92 Å². The van der Waals surface area contributed by atoms with E-state index in [-0.39, 0.29) is 23.3 Å². The maximum absolute atomic E-state index is 14.2. The first-order valence-electron chi connectivity index (χ1n) is 8.78. The molecular weight excluding hydrogens is 370 g/mol. The fourth-order valence-corrected chi connectivity index (χ4v) is 4.07. The highest BCUT2D eigenvalue weighted by atomic mass is 32.2. The molecule has 0 radical (unpaired) electrons. The van der Waals surface area contributed by atoms with Gasteiger partial charge in [0.05, 0.1) is 11.4 Å². The average Bonchev–Trinajstić information content (AvgIpc) is 3.02. The van der Waals surface area contributed by atoms with Gasteiger partial charge in [-0.3, -0.25) is 14.5 Å². The zero-order valence-electron chi connectivity index (χ0n) is 14.9. The van der Waals surface area contributed by atoms with Crippen LogP contribution in [0.5, 0.6) is 0 Å². The predicted molar refractivity (Wildman–Crippen MR) is 104 cm³/mol. The second kappa shape index (κ2) is 8.52. The van der Waals surface area contributed by atoms with E-state index in [0.717, 1.165) is 30.5 Å². The summed E-state index contributed by atoms with van der Waals surface area (Å²) in [4.78, 5) is 25.5. The Bertz CT molecular complexity index is 842. The van der Waals surface area contributed by atoms with E-state index in [9.17, 15) is 18.4 Å². The van der Waals surface area contributed by atoms with Crippen molar-refractivity contribution in [3.05, 3.63) is 59.7 Å². The van der Waals surface area contributed by atoms with Gasteiger partial charge in [0.25, 0.3) is 0 Å². The van der Waals surface area contributed by atoms with Crippen LogP contribution in [0.2, 0.25) is 0 Å². The van der Waals surface area contributed by atoms with E-state index in [1.165, 1.54) is 22.7 Å². The number of nitrogens with zero attached hydrogens (tertiary/aromatic N) is 1. The lowest BCUT2D eigenvalue weighted by molar-refractivity contribution is -0.116. The largest absolute Gasteiger partial charge is 0.326 e. The molecule has 1 aliphatic heterocycles. The molecule has 1 saturated heterocycles. The lowest BCUT2D eigenvalue weighted by atomic mass is 10.1. The maximum atomic E-state index is 14.2. The molecule has 27 heavy (non-hydrogen) atoms. The number of hydrogen-bond donors (Lipinski definition) is 1. The van der Waals surface area contributed by atoms with Gasteiger partial charge in [-0.15, -0.1) is 11.8 Å². The minimum atomic E-state index is -0.768. The van der Waals surface area contributed by atoms with Gasteiger partial charge in [-0.2, -0.15) is 0 Å².